The first-order valence-corrected chi connectivity index (χ1v) is 10.6. The number of rotatable bonds is 2. The summed E-state index contributed by atoms with van der Waals surface area (Å²) in [5.41, 5.74) is 0.805. The number of benzene rings is 2. The van der Waals surface area contributed by atoms with Gasteiger partial charge in [-0.3, -0.25) is 4.79 Å². The average molecular weight is 436 g/mol. The molecule has 3 atom stereocenters. The third-order valence-corrected chi connectivity index (χ3v) is 7.64. The normalized spacial score (nSPS) is 27.3. The Morgan fingerprint density at radius 1 is 1.19 bits per heavy atom. The third-order valence-electron chi connectivity index (χ3n) is 5.01. The van der Waals surface area contributed by atoms with Gasteiger partial charge in [-0.15, -0.1) is 0 Å². The van der Waals surface area contributed by atoms with Crippen molar-refractivity contribution in [1.29, 1.82) is 0 Å². The Bertz CT molecular complexity index is 1000. The number of amides is 1. The van der Waals surface area contributed by atoms with Gasteiger partial charge >= 0.3 is 0 Å². The predicted molar refractivity (Wildman–Crippen MR) is 101 cm³/mol. The molecule has 0 radical (unpaired) electrons. The molecule has 0 aromatic heterocycles. The number of hydrogen-bond acceptors (Lipinski definition) is 4. The van der Waals surface area contributed by atoms with Crippen LogP contribution in [0.2, 0.25) is 0 Å². The number of carbonyl (C=O) groups is 1. The van der Waals surface area contributed by atoms with E-state index >= 15 is 0 Å². The molecule has 1 fully saturated rings. The van der Waals surface area contributed by atoms with E-state index in [9.17, 15) is 13.2 Å². The van der Waals surface area contributed by atoms with Crippen LogP contribution in [0.3, 0.4) is 0 Å². The predicted octanol–water partition coefficient (Wildman–Crippen LogP) is 3.31. The van der Waals surface area contributed by atoms with Crippen LogP contribution in [0.5, 0.6) is 5.75 Å². The van der Waals surface area contributed by atoms with E-state index in [0.29, 0.717) is 12.2 Å². The molecule has 0 spiro atoms. The minimum Gasteiger partial charge on any atom is -0.468 e. The minimum atomic E-state index is -3.84. The lowest BCUT2D eigenvalue weighted by atomic mass is 9.81. The van der Waals surface area contributed by atoms with E-state index in [1.54, 1.807) is 37.3 Å². The first-order valence-electron chi connectivity index (χ1n) is 8.31. The van der Waals surface area contributed by atoms with Crippen LogP contribution in [-0.4, -0.2) is 25.3 Å². The molecule has 136 valence electrons. The zero-order valence-electron chi connectivity index (χ0n) is 14.3. The van der Waals surface area contributed by atoms with Gasteiger partial charge in [0.15, 0.2) is 20.8 Å². The molecule has 0 saturated carbocycles. The van der Waals surface area contributed by atoms with Crippen LogP contribution in [0, 0.1) is 6.92 Å². The Balaban J connectivity index is 1.86. The van der Waals surface area contributed by atoms with E-state index < -0.39 is 32.6 Å². The second-order valence-corrected chi connectivity index (χ2v) is 10.1. The summed E-state index contributed by atoms with van der Waals surface area (Å²) in [5, 5.41) is 1.58. The van der Waals surface area contributed by atoms with Crippen LogP contribution >= 0.6 is 15.9 Å². The maximum absolute atomic E-state index is 13.3. The zero-order chi connectivity index (χ0) is 18.7. The standard InChI is InChI=1S/C19H18BrNO4S/c1-11-3-6-13(7-4-11)26(23,24)17-15-10-19(2,21-18(17)22)25-16-8-5-12(20)9-14(15)16/h3-9,15,17H,10H2,1-2H3,(H,21,22)/t15-,17-,19+/m0/s1. The lowest BCUT2D eigenvalue weighted by Crippen LogP contribution is -2.63. The van der Waals surface area contributed by atoms with Crippen molar-refractivity contribution in [2.24, 2.45) is 0 Å². The van der Waals surface area contributed by atoms with Gasteiger partial charge in [0.05, 0.1) is 4.90 Å². The molecular formula is C19H18BrNO4S. The highest BCUT2D eigenvalue weighted by molar-refractivity contribution is 9.10. The van der Waals surface area contributed by atoms with Gasteiger partial charge in [-0.2, -0.15) is 0 Å². The van der Waals surface area contributed by atoms with E-state index in [-0.39, 0.29) is 4.90 Å². The Labute approximate surface area is 160 Å². The molecule has 0 aliphatic carbocycles. The summed E-state index contributed by atoms with van der Waals surface area (Å²) < 4.78 is 33.4. The highest BCUT2D eigenvalue weighted by atomic mass is 79.9. The Kier molecular flexibility index (Phi) is 3.93. The molecule has 2 aliphatic heterocycles. The summed E-state index contributed by atoms with van der Waals surface area (Å²) in [4.78, 5) is 13.0. The molecule has 1 amide bonds. The Morgan fingerprint density at radius 2 is 1.88 bits per heavy atom. The van der Waals surface area contributed by atoms with Gasteiger partial charge in [0, 0.05) is 22.4 Å². The van der Waals surface area contributed by atoms with Gasteiger partial charge in [-0.1, -0.05) is 33.6 Å². The number of aryl methyl sites for hydroxylation is 1. The molecule has 2 heterocycles. The van der Waals surface area contributed by atoms with E-state index in [2.05, 4.69) is 21.2 Å². The molecule has 1 N–H and O–H groups in total. The number of fused-ring (bicyclic) bond motifs is 4. The molecule has 26 heavy (non-hydrogen) atoms. The van der Waals surface area contributed by atoms with Crippen molar-refractivity contribution in [3.05, 3.63) is 58.1 Å². The SMILES string of the molecule is Cc1ccc(S(=O)(=O)[C@@H]2C(=O)N[C@@]3(C)C[C@H]2c2cc(Br)ccc2O3)cc1. The van der Waals surface area contributed by atoms with Crippen LogP contribution < -0.4 is 10.1 Å². The van der Waals surface area contributed by atoms with Crippen molar-refractivity contribution in [1.82, 2.24) is 5.32 Å². The van der Waals surface area contributed by atoms with Gasteiger partial charge in [0.1, 0.15) is 5.75 Å². The lowest BCUT2D eigenvalue weighted by molar-refractivity contribution is -0.132. The van der Waals surface area contributed by atoms with Crippen molar-refractivity contribution in [2.75, 3.05) is 0 Å². The van der Waals surface area contributed by atoms with E-state index in [1.807, 2.05) is 19.1 Å². The maximum atomic E-state index is 13.3. The van der Waals surface area contributed by atoms with Crippen molar-refractivity contribution < 1.29 is 17.9 Å². The van der Waals surface area contributed by atoms with Crippen molar-refractivity contribution in [3.63, 3.8) is 0 Å². The first-order chi connectivity index (χ1) is 12.2. The largest absolute Gasteiger partial charge is 0.468 e. The summed E-state index contributed by atoms with van der Waals surface area (Å²) >= 11 is 3.43. The zero-order valence-corrected chi connectivity index (χ0v) is 16.7. The molecule has 4 rings (SSSR count). The van der Waals surface area contributed by atoms with Crippen LogP contribution in [0.1, 0.15) is 30.4 Å². The van der Waals surface area contributed by atoms with Crippen LogP contribution in [0.4, 0.5) is 0 Å². The number of carbonyl (C=O) groups excluding carboxylic acids is 1. The topological polar surface area (TPSA) is 72.5 Å². The molecular weight excluding hydrogens is 418 g/mol. The van der Waals surface area contributed by atoms with E-state index in [0.717, 1.165) is 15.6 Å². The van der Waals surface area contributed by atoms with Gasteiger partial charge in [0.2, 0.25) is 5.91 Å². The van der Waals surface area contributed by atoms with Crippen LogP contribution in [-0.2, 0) is 14.6 Å². The van der Waals surface area contributed by atoms with Crippen LogP contribution in [0.25, 0.3) is 0 Å². The van der Waals surface area contributed by atoms with Crippen molar-refractivity contribution >= 4 is 31.7 Å². The number of piperidine rings is 1. The summed E-state index contributed by atoms with van der Waals surface area (Å²) in [7, 11) is -3.84. The molecule has 2 aromatic rings. The quantitative estimate of drug-likeness (QED) is 0.784. The Morgan fingerprint density at radius 3 is 2.58 bits per heavy atom. The number of nitrogens with one attached hydrogen (secondary N) is 1. The first kappa shape index (κ1) is 17.5. The number of halogens is 1. The van der Waals surface area contributed by atoms with Gasteiger partial charge in [-0.05, 0) is 44.2 Å². The summed E-state index contributed by atoms with van der Waals surface area (Å²) in [5.74, 6) is -0.382. The van der Waals surface area contributed by atoms with Crippen molar-refractivity contribution in [3.8, 4) is 5.75 Å². The summed E-state index contributed by atoms with van der Waals surface area (Å²) in [6.45, 7) is 3.67. The average Bonchev–Trinajstić information content (AvgIpc) is 2.55. The van der Waals surface area contributed by atoms with Crippen LogP contribution in [0.15, 0.2) is 51.8 Å². The molecule has 5 nitrogen and oxygen atoms in total. The maximum Gasteiger partial charge on any atom is 0.242 e. The van der Waals surface area contributed by atoms with Crippen molar-refractivity contribution in [2.45, 2.75) is 42.1 Å². The minimum absolute atomic E-state index is 0.162. The number of hydrogen-bond donors (Lipinski definition) is 1. The fourth-order valence-corrected chi connectivity index (χ4v) is 6.01. The fraction of sp³-hybridized carbons (Fsp3) is 0.316. The monoisotopic (exact) mass is 435 g/mol. The van der Waals surface area contributed by atoms with E-state index in [1.165, 1.54) is 0 Å². The number of ether oxygens (including phenoxy) is 1. The third kappa shape index (κ3) is 2.74. The lowest BCUT2D eigenvalue weighted by Gasteiger charge is -2.46. The molecule has 2 aliphatic rings. The highest BCUT2D eigenvalue weighted by Crippen LogP contribution is 2.47. The molecule has 1 saturated heterocycles. The highest BCUT2D eigenvalue weighted by Gasteiger charge is 2.54. The fourth-order valence-electron chi connectivity index (χ4n) is 3.81. The second kappa shape index (κ2) is 5.82. The molecule has 2 bridgehead atoms. The summed E-state index contributed by atoms with van der Waals surface area (Å²) in [6.07, 6.45) is 0.401. The molecule has 2 aromatic carbocycles. The second-order valence-electron chi connectivity index (χ2n) is 7.09. The smallest absolute Gasteiger partial charge is 0.242 e. The Hall–Kier alpha value is -1.86. The molecule has 7 heteroatoms. The van der Waals surface area contributed by atoms with Gasteiger partial charge < -0.3 is 10.1 Å². The van der Waals surface area contributed by atoms with Gasteiger partial charge in [0.25, 0.3) is 0 Å². The number of sulfone groups is 1. The summed E-state index contributed by atoms with van der Waals surface area (Å²) in [6, 6.07) is 12.1. The molecule has 0 unspecified atom stereocenters. The van der Waals surface area contributed by atoms with Gasteiger partial charge in [-0.25, -0.2) is 8.42 Å². The van der Waals surface area contributed by atoms with E-state index in [4.69, 9.17) is 4.74 Å².